The van der Waals surface area contributed by atoms with E-state index in [0.29, 0.717) is 22.8 Å². The fraction of sp³-hybridized carbons (Fsp3) is 0.348. The highest BCUT2D eigenvalue weighted by atomic mass is 35.5. The van der Waals surface area contributed by atoms with Gasteiger partial charge in [-0.2, -0.15) is 0 Å². The van der Waals surface area contributed by atoms with Crippen LogP contribution in [0.3, 0.4) is 0 Å². The number of nitrogens with zero attached hydrogens (tertiary/aromatic N) is 2. The molecule has 0 spiro atoms. The Kier molecular flexibility index (Phi) is 7.21. The van der Waals surface area contributed by atoms with E-state index >= 15 is 0 Å². The minimum absolute atomic E-state index is 0.0557. The number of carbonyl (C=O) groups excluding carboxylic acids is 1. The Morgan fingerprint density at radius 1 is 1.23 bits per heavy atom. The van der Waals surface area contributed by atoms with Gasteiger partial charge in [0.2, 0.25) is 0 Å². The Bertz CT molecular complexity index is 1020. The molecule has 0 aromatic heterocycles. The quantitative estimate of drug-likeness (QED) is 0.554. The average Bonchev–Trinajstić information content (AvgIpc) is 2.77. The molecule has 160 valence electrons. The van der Waals surface area contributed by atoms with E-state index in [9.17, 15) is 13.2 Å². The first-order valence-electron chi connectivity index (χ1n) is 10.2. The Balaban J connectivity index is 1.98. The lowest BCUT2D eigenvalue weighted by molar-refractivity contribution is 0.0608. The van der Waals surface area contributed by atoms with Gasteiger partial charge >= 0.3 is 0 Å². The average molecular weight is 447 g/mol. The number of hydrogen-bond acceptors (Lipinski definition) is 3. The maximum atomic E-state index is 13.4. The summed E-state index contributed by atoms with van der Waals surface area (Å²) in [7, 11) is -3.94. The normalized spacial score (nSPS) is 16.9. The number of sulfonamides is 1. The molecule has 1 unspecified atom stereocenters. The first-order chi connectivity index (χ1) is 14.4. The van der Waals surface area contributed by atoms with Gasteiger partial charge in [0.1, 0.15) is 0 Å². The highest BCUT2D eigenvalue weighted by molar-refractivity contribution is 7.92. The van der Waals surface area contributed by atoms with Crippen molar-refractivity contribution in [2.24, 2.45) is 0 Å². The molecule has 0 radical (unpaired) electrons. The number of likely N-dealkylation sites (tertiary alicyclic amines) is 1. The van der Waals surface area contributed by atoms with Crippen LogP contribution in [0.15, 0.2) is 66.1 Å². The largest absolute Gasteiger partial charge is 0.336 e. The zero-order valence-electron chi connectivity index (χ0n) is 17.1. The SMILES string of the molecule is C=CCN(c1ccccc1Cl)S(=O)(=O)c1cccc(C(=O)N2CCCCC2CC)c1. The van der Waals surface area contributed by atoms with Crippen LogP contribution in [0.2, 0.25) is 5.02 Å². The van der Waals surface area contributed by atoms with Crippen LogP contribution in [0.25, 0.3) is 0 Å². The molecule has 1 saturated heterocycles. The van der Waals surface area contributed by atoms with Crippen molar-refractivity contribution in [2.75, 3.05) is 17.4 Å². The molecule has 3 rings (SSSR count). The van der Waals surface area contributed by atoms with Gasteiger partial charge in [-0.05, 0) is 56.0 Å². The van der Waals surface area contributed by atoms with E-state index in [1.165, 1.54) is 22.5 Å². The van der Waals surface area contributed by atoms with Crippen LogP contribution >= 0.6 is 11.6 Å². The number of halogens is 1. The third kappa shape index (κ3) is 4.55. The first-order valence-corrected chi connectivity index (χ1v) is 12.0. The summed E-state index contributed by atoms with van der Waals surface area (Å²) in [5, 5.41) is 0.328. The smallest absolute Gasteiger partial charge is 0.264 e. The summed E-state index contributed by atoms with van der Waals surface area (Å²) in [6.45, 7) is 6.52. The number of hydrogen-bond donors (Lipinski definition) is 0. The standard InChI is InChI=1S/C23H27ClN2O3S/c1-3-15-26(22-14-6-5-13-21(22)24)30(28,29)20-12-9-10-18(17-20)23(27)25-16-8-7-11-19(25)4-2/h3,5-6,9-10,12-14,17,19H,1,4,7-8,11,15-16H2,2H3. The Morgan fingerprint density at radius 2 is 2.00 bits per heavy atom. The predicted octanol–water partition coefficient (Wildman–Crippen LogP) is 5.13. The van der Waals surface area contributed by atoms with Gasteiger partial charge in [-0.3, -0.25) is 9.10 Å². The molecule has 1 aliphatic rings. The van der Waals surface area contributed by atoms with Crippen molar-refractivity contribution in [3.05, 3.63) is 71.8 Å². The van der Waals surface area contributed by atoms with E-state index in [1.54, 1.807) is 36.4 Å². The molecule has 1 fully saturated rings. The summed E-state index contributed by atoms with van der Waals surface area (Å²) in [6, 6.07) is 13.2. The lowest BCUT2D eigenvalue weighted by Gasteiger charge is -2.35. The van der Waals surface area contributed by atoms with Crippen molar-refractivity contribution in [2.45, 2.75) is 43.5 Å². The molecule has 5 nitrogen and oxygen atoms in total. The van der Waals surface area contributed by atoms with E-state index in [2.05, 4.69) is 13.5 Å². The van der Waals surface area contributed by atoms with Gasteiger partial charge in [0.05, 0.1) is 22.2 Å². The Morgan fingerprint density at radius 3 is 2.70 bits per heavy atom. The van der Waals surface area contributed by atoms with E-state index in [0.717, 1.165) is 25.7 Å². The van der Waals surface area contributed by atoms with Gasteiger partial charge in [0, 0.05) is 18.2 Å². The molecule has 1 heterocycles. The molecule has 2 aromatic rings. The number of carbonyl (C=O) groups is 1. The van der Waals surface area contributed by atoms with Crippen molar-refractivity contribution in [3.8, 4) is 0 Å². The Hall–Kier alpha value is -2.31. The summed E-state index contributed by atoms with van der Waals surface area (Å²) in [4.78, 5) is 15.1. The molecule has 1 aliphatic heterocycles. The maximum Gasteiger partial charge on any atom is 0.264 e. The summed E-state index contributed by atoms with van der Waals surface area (Å²) in [5.74, 6) is -0.119. The van der Waals surface area contributed by atoms with Crippen LogP contribution in [0.4, 0.5) is 5.69 Å². The van der Waals surface area contributed by atoms with Crippen molar-refractivity contribution in [3.63, 3.8) is 0 Å². The second-order valence-electron chi connectivity index (χ2n) is 7.36. The third-order valence-corrected chi connectivity index (χ3v) is 7.54. The first kappa shape index (κ1) is 22.4. The topological polar surface area (TPSA) is 57.7 Å². The minimum atomic E-state index is -3.94. The van der Waals surface area contributed by atoms with Gasteiger partial charge in [-0.25, -0.2) is 8.42 Å². The minimum Gasteiger partial charge on any atom is -0.336 e. The van der Waals surface area contributed by atoms with E-state index in [-0.39, 0.29) is 23.4 Å². The zero-order chi connectivity index (χ0) is 21.7. The number of benzene rings is 2. The molecule has 0 saturated carbocycles. The molecule has 7 heteroatoms. The predicted molar refractivity (Wildman–Crippen MR) is 122 cm³/mol. The molecule has 30 heavy (non-hydrogen) atoms. The van der Waals surface area contributed by atoms with Gasteiger partial charge in [0.25, 0.3) is 15.9 Å². The second-order valence-corrected chi connectivity index (χ2v) is 9.63. The van der Waals surface area contributed by atoms with Gasteiger partial charge < -0.3 is 4.90 Å². The fourth-order valence-corrected chi connectivity index (χ4v) is 5.66. The fourth-order valence-electron chi connectivity index (χ4n) is 3.87. The highest BCUT2D eigenvalue weighted by Gasteiger charge is 2.29. The van der Waals surface area contributed by atoms with E-state index in [1.807, 2.05) is 4.90 Å². The Labute approximate surface area is 184 Å². The number of anilines is 1. The number of para-hydroxylation sites is 1. The van der Waals surface area contributed by atoms with Gasteiger partial charge in [-0.15, -0.1) is 6.58 Å². The summed E-state index contributed by atoms with van der Waals surface area (Å²) >= 11 is 6.26. The highest BCUT2D eigenvalue weighted by Crippen LogP contribution is 2.31. The molecule has 1 amide bonds. The van der Waals surface area contributed by atoms with Crippen LogP contribution in [0.1, 0.15) is 43.0 Å². The van der Waals surface area contributed by atoms with Crippen LogP contribution < -0.4 is 4.31 Å². The van der Waals surface area contributed by atoms with Crippen LogP contribution in [0, 0.1) is 0 Å². The molecule has 1 atom stereocenters. The third-order valence-electron chi connectivity index (χ3n) is 5.44. The number of rotatable bonds is 7. The van der Waals surface area contributed by atoms with E-state index < -0.39 is 10.0 Å². The molecule has 0 aliphatic carbocycles. The van der Waals surface area contributed by atoms with Crippen LogP contribution in [-0.4, -0.2) is 38.4 Å². The van der Waals surface area contributed by atoms with Gasteiger partial charge in [0.15, 0.2) is 0 Å². The molecule has 0 N–H and O–H groups in total. The van der Waals surface area contributed by atoms with Crippen molar-refractivity contribution >= 4 is 33.2 Å². The van der Waals surface area contributed by atoms with Crippen molar-refractivity contribution in [1.29, 1.82) is 0 Å². The summed E-state index contributed by atoms with van der Waals surface area (Å²) in [5.41, 5.74) is 0.756. The number of amides is 1. The lowest BCUT2D eigenvalue weighted by atomic mass is 9.99. The second kappa shape index (κ2) is 9.67. The molecule has 2 aromatic carbocycles. The van der Waals surface area contributed by atoms with Gasteiger partial charge in [-0.1, -0.05) is 42.8 Å². The summed E-state index contributed by atoms with van der Waals surface area (Å²) in [6.07, 6.45) is 5.48. The monoisotopic (exact) mass is 446 g/mol. The lowest BCUT2D eigenvalue weighted by Crippen LogP contribution is -2.43. The van der Waals surface area contributed by atoms with Crippen LogP contribution in [-0.2, 0) is 10.0 Å². The molecular weight excluding hydrogens is 420 g/mol. The summed E-state index contributed by atoms with van der Waals surface area (Å²) < 4.78 is 28.1. The van der Waals surface area contributed by atoms with E-state index in [4.69, 9.17) is 11.6 Å². The van der Waals surface area contributed by atoms with Crippen molar-refractivity contribution < 1.29 is 13.2 Å². The zero-order valence-corrected chi connectivity index (χ0v) is 18.7. The molecular formula is C23H27ClN2O3S. The van der Waals surface area contributed by atoms with Crippen LogP contribution in [0.5, 0.6) is 0 Å². The number of piperidine rings is 1. The van der Waals surface area contributed by atoms with Crippen molar-refractivity contribution in [1.82, 2.24) is 4.90 Å². The molecule has 0 bridgehead atoms. The maximum absolute atomic E-state index is 13.4.